The van der Waals surface area contributed by atoms with Crippen molar-refractivity contribution in [2.75, 3.05) is 45.3 Å². The lowest BCUT2D eigenvalue weighted by Crippen LogP contribution is -3.15. The zero-order valence-corrected chi connectivity index (χ0v) is 17.8. The van der Waals surface area contributed by atoms with Gasteiger partial charge in [0.05, 0.1) is 26.9 Å². The minimum absolute atomic E-state index is 0.273. The van der Waals surface area contributed by atoms with E-state index in [0.29, 0.717) is 5.11 Å². The van der Waals surface area contributed by atoms with Gasteiger partial charge < -0.3 is 25.0 Å². The Hall–Kier alpha value is -1.86. The molecule has 3 N–H and O–H groups in total. The van der Waals surface area contributed by atoms with Gasteiger partial charge in [-0.1, -0.05) is 17.7 Å². The summed E-state index contributed by atoms with van der Waals surface area (Å²) >= 11 is 11.7. The van der Waals surface area contributed by atoms with Crippen LogP contribution in [0.5, 0.6) is 5.75 Å². The zero-order valence-electron chi connectivity index (χ0n) is 16.3. The number of morpholine rings is 1. The summed E-state index contributed by atoms with van der Waals surface area (Å²) in [4.78, 5) is 1.49. The van der Waals surface area contributed by atoms with Gasteiger partial charge in [0.2, 0.25) is 0 Å². The number of halogens is 1. The third kappa shape index (κ3) is 5.35. The van der Waals surface area contributed by atoms with E-state index in [1.165, 1.54) is 10.5 Å². The summed E-state index contributed by atoms with van der Waals surface area (Å²) in [5.74, 6) is 0.862. The fourth-order valence-electron chi connectivity index (χ4n) is 3.42. The fourth-order valence-corrected chi connectivity index (χ4v) is 3.79. The smallest absolute Gasteiger partial charge is 0.171 e. The van der Waals surface area contributed by atoms with E-state index in [9.17, 15) is 0 Å². The van der Waals surface area contributed by atoms with Gasteiger partial charge in [0, 0.05) is 16.3 Å². The van der Waals surface area contributed by atoms with Crippen LogP contribution in [0.15, 0.2) is 42.5 Å². The Morgan fingerprint density at radius 1 is 1.21 bits per heavy atom. The van der Waals surface area contributed by atoms with Gasteiger partial charge in [-0.15, -0.1) is 0 Å². The summed E-state index contributed by atoms with van der Waals surface area (Å²) in [6.45, 7) is 6.23. The van der Waals surface area contributed by atoms with E-state index >= 15 is 0 Å². The molecule has 1 fully saturated rings. The number of rotatable bonds is 6. The molecule has 0 amide bonds. The average molecular weight is 421 g/mol. The van der Waals surface area contributed by atoms with Gasteiger partial charge >= 0.3 is 0 Å². The maximum absolute atomic E-state index is 6.20. The highest BCUT2D eigenvalue weighted by molar-refractivity contribution is 7.80. The molecule has 1 heterocycles. The molecule has 150 valence electrons. The van der Waals surface area contributed by atoms with Crippen molar-refractivity contribution in [2.45, 2.75) is 13.0 Å². The number of hydrogen-bond acceptors (Lipinski definition) is 3. The summed E-state index contributed by atoms with van der Waals surface area (Å²) in [7, 11) is 1.68. The van der Waals surface area contributed by atoms with Crippen molar-refractivity contribution in [3.63, 3.8) is 0 Å². The molecule has 1 aliphatic rings. The molecule has 0 unspecified atom stereocenters. The van der Waals surface area contributed by atoms with Crippen LogP contribution in [0, 0.1) is 6.92 Å². The first-order chi connectivity index (χ1) is 13.6. The van der Waals surface area contributed by atoms with E-state index in [0.717, 1.165) is 54.9 Å². The van der Waals surface area contributed by atoms with E-state index in [2.05, 4.69) is 22.8 Å². The van der Waals surface area contributed by atoms with Gasteiger partial charge in [0.25, 0.3) is 0 Å². The molecule has 1 saturated heterocycles. The first kappa shape index (κ1) is 20.9. The molecule has 2 aromatic rings. The highest BCUT2D eigenvalue weighted by Gasteiger charge is 2.26. The highest BCUT2D eigenvalue weighted by Crippen LogP contribution is 2.23. The Labute approximate surface area is 177 Å². The number of hydrogen-bond donors (Lipinski definition) is 3. The van der Waals surface area contributed by atoms with Crippen molar-refractivity contribution >= 4 is 34.6 Å². The molecule has 0 bridgehead atoms. The van der Waals surface area contributed by atoms with Crippen molar-refractivity contribution < 1.29 is 14.4 Å². The Kier molecular flexibility index (Phi) is 7.50. The van der Waals surface area contributed by atoms with Crippen LogP contribution < -0.4 is 20.3 Å². The van der Waals surface area contributed by atoms with Gasteiger partial charge in [-0.05, 0) is 61.1 Å². The molecule has 0 saturated carbocycles. The zero-order chi connectivity index (χ0) is 19.9. The van der Waals surface area contributed by atoms with Gasteiger partial charge in [-0.3, -0.25) is 0 Å². The lowest BCUT2D eigenvalue weighted by atomic mass is 10.0. The predicted molar refractivity (Wildman–Crippen MR) is 118 cm³/mol. The van der Waals surface area contributed by atoms with Gasteiger partial charge in [-0.25, -0.2) is 0 Å². The summed E-state index contributed by atoms with van der Waals surface area (Å²) in [5.41, 5.74) is 3.16. The minimum Gasteiger partial charge on any atom is -0.497 e. The Morgan fingerprint density at radius 3 is 2.61 bits per heavy atom. The van der Waals surface area contributed by atoms with Crippen molar-refractivity contribution in [1.29, 1.82) is 0 Å². The van der Waals surface area contributed by atoms with Crippen LogP contribution in [-0.4, -0.2) is 45.1 Å². The quantitative estimate of drug-likeness (QED) is 0.627. The van der Waals surface area contributed by atoms with Crippen molar-refractivity contribution in [3.8, 4) is 5.75 Å². The van der Waals surface area contributed by atoms with E-state index in [1.807, 2.05) is 37.3 Å². The van der Waals surface area contributed by atoms with E-state index in [-0.39, 0.29) is 6.04 Å². The standard InChI is InChI=1S/C21H26ClN3O2S/c1-15-18(22)4-3-5-19(15)24-21(28)23-14-20(25-10-12-27-13-11-25)16-6-8-17(26-2)9-7-16/h3-9,20H,10-14H2,1-2H3,(H2,23,24,28)/p+1/t20-/m0/s1. The third-order valence-corrected chi connectivity index (χ3v) is 5.78. The summed E-state index contributed by atoms with van der Waals surface area (Å²) in [6, 6.07) is 14.3. The number of quaternary nitrogens is 1. The predicted octanol–water partition coefficient (Wildman–Crippen LogP) is 2.60. The number of methoxy groups -OCH3 is 1. The molecular formula is C21H27ClN3O2S+. The van der Waals surface area contributed by atoms with E-state index in [1.54, 1.807) is 7.11 Å². The molecule has 7 heteroatoms. The van der Waals surface area contributed by atoms with Crippen LogP contribution in [0.1, 0.15) is 17.2 Å². The normalized spacial score (nSPS) is 15.7. The molecule has 1 aliphatic heterocycles. The van der Waals surface area contributed by atoms with E-state index in [4.69, 9.17) is 33.3 Å². The van der Waals surface area contributed by atoms with Crippen molar-refractivity contribution in [1.82, 2.24) is 5.32 Å². The molecular weight excluding hydrogens is 394 g/mol. The average Bonchev–Trinajstić information content (AvgIpc) is 2.73. The number of nitrogens with one attached hydrogen (secondary N) is 3. The summed E-state index contributed by atoms with van der Waals surface area (Å²) in [5, 5.41) is 7.97. The first-order valence-electron chi connectivity index (χ1n) is 9.44. The van der Waals surface area contributed by atoms with Crippen LogP contribution in [-0.2, 0) is 4.74 Å². The summed E-state index contributed by atoms with van der Waals surface area (Å²) < 4.78 is 10.8. The van der Waals surface area contributed by atoms with Gasteiger partial charge in [0.1, 0.15) is 24.9 Å². The van der Waals surface area contributed by atoms with Crippen LogP contribution in [0.2, 0.25) is 5.02 Å². The Balaban J connectivity index is 1.68. The maximum Gasteiger partial charge on any atom is 0.171 e. The molecule has 2 aromatic carbocycles. The molecule has 0 spiro atoms. The van der Waals surface area contributed by atoms with Gasteiger partial charge in [0.15, 0.2) is 5.11 Å². The molecule has 1 atom stereocenters. The molecule has 3 rings (SSSR count). The van der Waals surface area contributed by atoms with Crippen LogP contribution in [0.4, 0.5) is 5.69 Å². The lowest BCUT2D eigenvalue weighted by Gasteiger charge is -2.32. The highest BCUT2D eigenvalue weighted by atomic mass is 35.5. The lowest BCUT2D eigenvalue weighted by molar-refractivity contribution is -0.937. The molecule has 5 nitrogen and oxygen atoms in total. The maximum atomic E-state index is 6.20. The molecule has 0 radical (unpaired) electrons. The van der Waals surface area contributed by atoms with Crippen molar-refractivity contribution in [3.05, 3.63) is 58.6 Å². The van der Waals surface area contributed by atoms with Crippen LogP contribution >= 0.6 is 23.8 Å². The Bertz CT molecular complexity index is 795. The minimum atomic E-state index is 0.273. The van der Waals surface area contributed by atoms with Crippen LogP contribution in [0.3, 0.4) is 0 Å². The molecule has 0 aliphatic carbocycles. The number of benzene rings is 2. The topological polar surface area (TPSA) is 47.0 Å². The van der Waals surface area contributed by atoms with E-state index < -0.39 is 0 Å². The monoisotopic (exact) mass is 420 g/mol. The largest absolute Gasteiger partial charge is 0.497 e. The molecule has 28 heavy (non-hydrogen) atoms. The third-order valence-electron chi connectivity index (χ3n) is 5.13. The van der Waals surface area contributed by atoms with Gasteiger partial charge in [-0.2, -0.15) is 0 Å². The summed E-state index contributed by atoms with van der Waals surface area (Å²) in [6.07, 6.45) is 0. The Morgan fingerprint density at radius 2 is 1.93 bits per heavy atom. The first-order valence-corrected chi connectivity index (χ1v) is 10.2. The molecule has 0 aromatic heterocycles. The van der Waals surface area contributed by atoms with Crippen LogP contribution in [0.25, 0.3) is 0 Å². The second-order valence-corrected chi connectivity index (χ2v) is 7.66. The second-order valence-electron chi connectivity index (χ2n) is 6.84. The SMILES string of the molecule is COc1ccc([C@H](CNC(=S)Nc2cccc(Cl)c2C)[NH+]2CCOCC2)cc1. The fraction of sp³-hybridized carbons (Fsp3) is 0.381. The van der Waals surface area contributed by atoms with Crippen molar-refractivity contribution in [2.24, 2.45) is 0 Å². The number of thiocarbonyl (C=S) groups is 1. The second kappa shape index (κ2) is 10.1. The number of ether oxygens (including phenoxy) is 2. The number of anilines is 1.